The van der Waals surface area contributed by atoms with Gasteiger partial charge in [-0.1, -0.05) is 85.5 Å². The van der Waals surface area contributed by atoms with E-state index in [0.717, 1.165) is 38.2 Å². The summed E-state index contributed by atoms with van der Waals surface area (Å²) >= 11 is 5.97. The standard InChI is InChI=1S/C39H36ClNO6/c1-2-21-46-35-18-16-28-10-3-5-14-33(28)37(35)38-34-15-6-4-11-29(34)17-19-36(38)47-25-32(43)23-30(12-8-20-40)39(44)41-31-13-7-9-27(22-31)24-45-26-42/h2-7,9-11,13-19,22,26,30H,1,8,12,20-21,23-25H2,(H,41,44)/t30-/m0/s1. The zero-order chi connectivity index (χ0) is 33.0. The van der Waals surface area contributed by atoms with Crippen LogP contribution in [0.5, 0.6) is 11.5 Å². The van der Waals surface area contributed by atoms with Gasteiger partial charge in [-0.15, -0.1) is 11.6 Å². The van der Waals surface area contributed by atoms with Crippen molar-refractivity contribution in [1.29, 1.82) is 0 Å². The lowest BCUT2D eigenvalue weighted by molar-refractivity contribution is -0.129. The predicted molar refractivity (Wildman–Crippen MR) is 187 cm³/mol. The number of alkyl halides is 1. The van der Waals surface area contributed by atoms with Gasteiger partial charge < -0.3 is 19.5 Å². The summed E-state index contributed by atoms with van der Waals surface area (Å²) in [5.41, 5.74) is 2.96. The fourth-order valence-electron chi connectivity index (χ4n) is 5.66. The van der Waals surface area contributed by atoms with E-state index >= 15 is 0 Å². The van der Waals surface area contributed by atoms with Crippen molar-refractivity contribution in [3.8, 4) is 22.6 Å². The summed E-state index contributed by atoms with van der Waals surface area (Å²) in [6.07, 6.45) is 2.70. The van der Waals surface area contributed by atoms with Gasteiger partial charge in [0.25, 0.3) is 6.47 Å². The normalized spacial score (nSPS) is 11.5. The smallest absolute Gasteiger partial charge is 0.293 e. The molecular weight excluding hydrogens is 614 g/mol. The number of ether oxygens (including phenoxy) is 3. The lowest BCUT2D eigenvalue weighted by Gasteiger charge is -2.20. The number of Topliss-reactive ketones (excluding diaryl/α,β-unsaturated/α-hetero) is 1. The molecule has 0 aliphatic carbocycles. The fraction of sp³-hybridized carbons (Fsp3) is 0.205. The van der Waals surface area contributed by atoms with Crippen LogP contribution in [-0.4, -0.2) is 37.3 Å². The Balaban J connectivity index is 1.41. The number of amides is 1. The molecule has 0 aromatic heterocycles. The molecule has 1 amide bonds. The Kier molecular flexibility index (Phi) is 11.6. The minimum Gasteiger partial charge on any atom is -0.489 e. The zero-order valence-corrected chi connectivity index (χ0v) is 26.7. The number of ketones is 1. The number of hydrogen-bond acceptors (Lipinski definition) is 6. The van der Waals surface area contributed by atoms with Gasteiger partial charge in [0.1, 0.15) is 31.3 Å². The maximum Gasteiger partial charge on any atom is 0.293 e. The highest BCUT2D eigenvalue weighted by Gasteiger charge is 2.24. The van der Waals surface area contributed by atoms with Crippen LogP contribution in [0.2, 0.25) is 0 Å². The molecular formula is C39H36ClNO6. The number of anilines is 1. The van der Waals surface area contributed by atoms with E-state index in [1.807, 2.05) is 72.8 Å². The summed E-state index contributed by atoms with van der Waals surface area (Å²) in [6.45, 7) is 4.38. The number of carbonyl (C=O) groups is 3. The molecule has 0 bridgehead atoms. The van der Waals surface area contributed by atoms with E-state index in [0.29, 0.717) is 49.0 Å². The number of benzene rings is 5. The summed E-state index contributed by atoms with van der Waals surface area (Å²) in [4.78, 5) is 37.3. The number of rotatable bonds is 17. The molecule has 0 heterocycles. The summed E-state index contributed by atoms with van der Waals surface area (Å²) in [5, 5.41) is 6.90. The Morgan fingerprint density at radius 2 is 1.49 bits per heavy atom. The quantitative estimate of drug-likeness (QED) is 0.0617. The first kappa shape index (κ1) is 33.2. The lowest BCUT2D eigenvalue weighted by atomic mass is 9.92. The Hall–Kier alpha value is -5.14. The third-order valence-electron chi connectivity index (χ3n) is 7.82. The molecule has 5 aromatic carbocycles. The Morgan fingerprint density at radius 1 is 0.830 bits per heavy atom. The zero-order valence-electron chi connectivity index (χ0n) is 26.0. The van der Waals surface area contributed by atoms with Crippen molar-refractivity contribution in [2.24, 2.45) is 5.92 Å². The molecule has 0 aliphatic heterocycles. The van der Waals surface area contributed by atoms with E-state index < -0.39 is 5.92 Å². The van der Waals surface area contributed by atoms with Crippen LogP contribution in [0.4, 0.5) is 5.69 Å². The van der Waals surface area contributed by atoms with E-state index in [9.17, 15) is 14.4 Å². The van der Waals surface area contributed by atoms with Crippen LogP contribution in [0.25, 0.3) is 32.7 Å². The monoisotopic (exact) mass is 649 g/mol. The van der Waals surface area contributed by atoms with Gasteiger partial charge in [0.15, 0.2) is 5.78 Å². The van der Waals surface area contributed by atoms with E-state index in [-0.39, 0.29) is 31.3 Å². The first-order chi connectivity index (χ1) is 23.0. The van der Waals surface area contributed by atoms with Gasteiger partial charge in [0.05, 0.1) is 0 Å². The molecule has 8 heteroatoms. The van der Waals surface area contributed by atoms with Crippen LogP contribution < -0.4 is 14.8 Å². The molecule has 5 aromatic rings. The van der Waals surface area contributed by atoms with Gasteiger partial charge in [-0.3, -0.25) is 14.4 Å². The molecule has 0 saturated heterocycles. The maximum absolute atomic E-state index is 13.4. The summed E-state index contributed by atoms with van der Waals surface area (Å²) in [6, 6.07) is 30.9. The minimum absolute atomic E-state index is 0.0124. The second-order valence-electron chi connectivity index (χ2n) is 11.1. The number of hydrogen-bond donors (Lipinski definition) is 1. The highest BCUT2D eigenvalue weighted by atomic mass is 35.5. The third kappa shape index (κ3) is 8.37. The predicted octanol–water partition coefficient (Wildman–Crippen LogP) is 8.51. The van der Waals surface area contributed by atoms with Crippen LogP contribution >= 0.6 is 11.6 Å². The van der Waals surface area contributed by atoms with Crippen molar-refractivity contribution in [3.05, 3.63) is 115 Å². The second kappa shape index (κ2) is 16.4. The molecule has 7 nitrogen and oxygen atoms in total. The van der Waals surface area contributed by atoms with Crippen molar-refractivity contribution in [2.45, 2.75) is 25.9 Å². The molecule has 1 N–H and O–H groups in total. The molecule has 0 fully saturated rings. The van der Waals surface area contributed by atoms with Gasteiger partial charge in [0.2, 0.25) is 5.91 Å². The Morgan fingerprint density at radius 3 is 2.13 bits per heavy atom. The van der Waals surface area contributed by atoms with Crippen molar-refractivity contribution >= 4 is 57.0 Å². The average molecular weight is 650 g/mol. The van der Waals surface area contributed by atoms with Gasteiger partial charge >= 0.3 is 0 Å². The molecule has 240 valence electrons. The highest BCUT2D eigenvalue weighted by molar-refractivity contribution is 6.17. The van der Waals surface area contributed by atoms with Crippen molar-refractivity contribution < 1.29 is 28.6 Å². The van der Waals surface area contributed by atoms with E-state index in [2.05, 4.69) is 11.9 Å². The number of carbonyl (C=O) groups excluding carboxylic acids is 3. The van der Waals surface area contributed by atoms with Crippen molar-refractivity contribution in [3.63, 3.8) is 0 Å². The van der Waals surface area contributed by atoms with Crippen LogP contribution in [0.15, 0.2) is 110 Å². The largest absolute Gasteiger partial charge is 0.489 e. The molecule has 0 radical (unpaired) electrons. The third-order valence-corrected chi connectivity index (χ3v) is 8.09. The number of fused-ring (bicyclic) bond motifs is 2. The highest BCUT2D eigenvalue weighted by Crippen LogP contribution is 2.45. The van der Waals surface area contributed by atoms with Crippen LogP contribution in [0.3, 0.4) is 0 Å². The topological polar surface area (TPSA) is 90.9 Å². The number of nitrogens with one attached hydrogen (secondary N) is 1. The van der Waals surface area contributed by atoms with Gasteiger partial charge in [-0.2, -0.15) is 0 Å². The first-order valence-electron chi connectivity index (χ1n) is 15.5. The molecule has 0 unspecified atom stereocenters. The van der Waals surface area contributed by atoms with Crippen LogP contribution in [-0.2, 0) is 25.7 Å². The minimum atomic E-state index is -0.604. The van der Waals surface area contributed by atoms with E-state index in [4.69, 9.17) is 25.8 Å². The molecule has 5 rings (SSSR count). The van der Waals surface area contributed by atoms with Gasteiger partial charge in [-0.25, -0.2) is 0 Å². The van der Waals surface area contributed by atoms with E-state index in [1.54, 1.807) is 30.3 Å². The number of halogens is 1. The fourth-order valence-corrected chi connectivity index (χ4v) is 5.82. The summed E-state index contributed by atoms with van der Waals surface area (Å²) < 4.78 is 17.3. The molecule has 47 heavy (non-hydrogen) atoms. The molecule has 0 spiro atoms. The van der Waals surface area contributed by atoms with Crippen molar-refractivity contribution in [1.82, 2.24) is 0 Å². The summed E-state index contributed by atoms with van der Waals surface area (Å²) in [7, 11) is 0. The van der Waals surface area contributed by atoms with Crippen molar-refractivity contribution in [2.75, 3.05) is 24.4 Å². The van der Waals surface area contributed by atoms with Crippen LogP contribution in [0.1, 0.15) is 24.8 Å². The van der Waals surface area contributed by atoms with E-state index in [1.165, 1.54) is 0 Å². The average Bonchev–Trinajstić information content (AvgIpc) is 3.10. The first-order valence-corrected chi connectivity index (χ1v) is 16.0. The van der Waals surface area contributed by atoms with Gasteiger partial charge in [-0.05, 0) is 64.2 Å². The molecule has 0 saturated carbocycles. The second-order valence-corrected chi connectivity index (χ2v) is 11.5. The Bertz CT molecular complexity index is 1890. The Labute approximate surface area is 279 Å². The lowest BCUT2D eigenvalue weighted by Crippen LogP contribution is -2.27. The van der Waals surface area contributed by atoms with Crippen LogP contribution in [0, 0.1) is 5.92 Å². The molecule has 1 atom stereocenters. The van der Waals surface area contributed by atoms with Gasteiger partial charge in [0, 0.05) is 35.0 Å². The summed E-state index contributed by atoms with van der Waals surface area (Å²) in [5.74, 6) is 0.474. The maximum atomic E-state index is 13.4. The molecule has 0 aliphatic rings. The SMILES string of the molecule is C=CCOc1ccc2ccccc2c1-c1c(OCC(=O)C[C@H](CCCCl)C(=O)Nc2cccc(COC=O)c2)ccc2ccccc12.